The standard InChI is InChI=1S/C22H20N2O3/c23-12-20-13-24-22(27-20)21(25)18-7-6-17-11-19(9-8-16(17)10-18)26-14-15-4-2-1-3-5-15/h1-5,8-9,11,13,18,21,25H,6-7,10,14H2. The van der Waals surface area contributed by atoms with Gasteiger partial charge in [0.2, 0.25) is 11.7 Å². The van der Waals surface area contributed by atoms with Crippen molar-refractivity contribution in [3.05, 3.63) is 83.1 Å². The number of benzene rings is 2. The Hall–Kier alpha value is -3.10. The lowest BCUT2D eigenvalue weighted by atomic mass is 9.81. The van der Waals surface area contributed by atoms with Crippen LogP contribution in [0.5, 0.6) is 5.75 Å². The molecule has 1 aromatic heterocycles. The molecule has 1 aliphatic rings. The summed E-state index contributed by atoms with van der Waals surface area (Å²) in [7, 11) is 0. The van der Waals surface area contributed by atoms with Crippen molar-refractivity contribution >= 4 is 0 Å². The minimum atomic E-state index is -0.797. The zero-order chi connectivity index (χ0) is 18.6. The number of hydrogen-bond acceptors (Lipinski definition) is 5. The number of aromatic nitrogens is 1. The normalized spacial score (nSPS) is 17.0. The molecular formula is C22H20N2O3. The van der Waals surface area contributed by atoms with E-state index in [0.717, 1.165) is 30.6 Å². The first kappa shape index (κ1) is 17.3. The monoisotopic (exact) mass is 360 g/mol. The number of aliphatic hydroxyl groups excluding tert-OH is 1. The van der Waals surface area contributed by atoms with E-state index in [0.29, 0.717) is 6.61 Å². The van der Waals surface area contributed by atoms with Gasteiger partial charge in [-0.25, -0.2) is 4.98 Å². The predicted octanol–water partition coefficient (Wildman–Crippen LogP) is 3.96. The van der Waals surface area contributed by atoms with Gasteiger partial charge in [0.1, 0.15) is 24.5 Å². The molecular weight excluding hydrogens is 340 g/mol. The van der Waals surface area contributed by atoms with Crippen LogP contribution in [-0.2, 0) is 19.4 Å². The highest BCUT2D eigenvalue weighted by molar-refractivity contribution is 5.38. The minimum absolute atomic E-state index is 0.0266. The van der Waals surface area contributed by atoms with Gasteiger partial charge in [-0.3, -0.25) is 0 Å². The lowest BCUT2D eigenvalue weighted by molar-refractivity contribution is 0.0727. The van der Waals surface area contributed by atoms with E-state index in [1.165, 1.54) is 17.3 Å². The molecule has 1 heterocycles. The molecule has 1 N–H and O–H groups in total. The Kier molecular flexibility index (Phi) is 4.91. The number of nitrogens with zero attached hydrogens (tertiary/aromatic N) is 2. The molecule has 27 heavy (non-hydrogen) atoms. The van der Waals surface area contributed by atoms with Crippen LogP contribution < -0.4 is 4.74 Å². The molecule has 0 aliphatic heterocycles. The van der Waals surface area contributed by atoms with Crippen molar-refractivity contribution in [2.24, 2.45) is 5.92 Å². The smallest absolute Gasteiger partial charge is 0.225 e. The Morgan fingerprint density at radius 2 is 2.07 bits per heavy atom. The summed E-state index contributed by atoms with van der Waals surface area (Å²) in [6.45, 7) is 0.548. The van der Waals surface area contributed by atoms with E-state index in [1.807, 2.05) is 42.5 Å². The summed E-state index contributed by atoms with van der Waals surface area (Å²) in [6, 6.07) is 18.1. The topological polar surface area (TPSA) is 79.3 Å². The molecule has 0 radical (unpaired) electrons. The molecule has 0 amide bonds. The minimum Gasteiger partial charge on any atom is -0.489 e. The molecule has 0 bridgehead atoms. The summed E-state index contributed by atoms with van der Waals surface area (Å²) in [4.78, 5) is 4.03. The van der Waals surface area contributed by atoms with Gasteiger partial charge in [-0.15, -0.1) is 0 Å². The fraction of sp³-hybridized carbons (Fsp3) is 0.273. The number of nitriles is 1. The Balaban J connectivity index is 1.42. The van der Waals surface area contributed by atoms with Gasteiger partial charge < -0.3 is 14.3 Å². The molecule has 0 spiro atoms. The first-order chi connectivity index (χ1) is 13.2. The zero-order valence-electron chi connectivity index (χ0n) is 14.8. The molecule has 5 nitrogen and oxygen atoms in total. The highest BCUT2D eigenvalue weighted by Gasteiger charge is 2.29. The molecule has 2 atom stereocenters. The largest absolute Gasteiger partial charge is 0.489 e. The number of aliphatic hydroxyl groups is 1. The third-order valence-corrected chi connectivity index (χ3v) is 5.03. The van der Waals surface area contributed by atoms with E-state index in [4.69, 9.17) is 14.4 Å². The molecule has 1 aliphatic carbocycles. The van der Waals surface area contributed by atoms with Crippen molar-refractivity contribution in [1.82, 2.24) is 4.98 Å². The molecule has 5 heteroatoms. The molecule has 0 saturated heterocycles. The fourth-order valence-corrected chi connectivity index (χ4v) is 3.54. The summed E-state index contributed by atoms with van der Waals surface area (Å²) < 4.78 is 11.2. The summed E-state index contributed by atoms with van der Waals surface area (Å²) >= 11 is 0. The van der Waals surface area contributed by atoms with Crippen LogP contribution in [0.1, 0.15) is 40.9 Å². The Morgan fingerprint density at radius 1 is 1.22 bits per heavy atom. The Bertz CT molecular complexity index is 959. The molecule has 3 aromatic rings. The summed E-state index contributed by atoms with van der Waals surface area (Å²) in [5, 5.41) is 19.4. The highest BCUT2D eigenvalue weighted by atomic mass is 16.5. The SMILES string of the molecule is N#Cc1cnc(C(O)C2CCc3cc(OCc4ccccc4)ccc3C2)o1. The number of rotatable bonds is 5. The van der Waals surface area contributed by atoms with Gasteiger partial charge in [-0.1, -0.05) is 36.4 Å². The van der Waals surface area contributed by atoms with Gasteiger partial charge in [0.15, 0.2) is 0 Å². The van der Waals surface area contributed by atoms with Gasteiger partial charge in [0.25, 0.3) is 0 Å². The summed E-state index contributed by atoms with van der Waals surface area (Å²) in [5.74, 6) is 1.24. The zero-order valence-corrected chi connectivity index (χ0v) is 14.8. The Morgan fingerprint density at radius 3 is 2.85 bits per heavy atom. The third kappa shape index (κ3) is 3.86. The van der Waals surface area contributed by atoms with Crippen LogP contribution >= 0.6 is 0 Å². The van der Waals surface area contributed by atoms with Gasteiger partial charge in [0.05, 0.1) is 6.20 Å². The number of hydrogen-bond donors (Lipinski definition) is 1. The highest BCUT2D eigenvalue weighted by Crippen LogP contribution is 2.35. The lowest BCUT2D eigenvalue weighted by Crippen LogP contribution is -2.21. The second-order valence-corrected chi connectivity index (χ2v) is 6.83. The second kappa shape index (κ2) is 7.65. The van der Waals surface area contributed by atoms with Crippen LogP contribution in [0.3, 0.4) is 0 Å². The Labute approximate surface area is 157 Å². The number of ether oxygens (including phenoxy) is 1. The first-order valence-corrected chi connectivity index (χ1v) is 9.05. The van der Waals surface area contributed by atoms with Crippen LogP contribution in [0.2, 0.25) is 0 Å². The summed E-state index contributed by atoms with van der Waals surface area (Å²) in [6.07, 6.45) is 3.01. The average molecular weight is 360 g/mol. The van der Waals surface area contributed by atoms with E-state index in [2.05, 4.69) is 17.1 Å². The number of fused-ring (bicyclic) bond motifs is 1. The fourth-order valence-electron chi connectivity index (χ4n) is 3.54. The van der Waals surface area contributed by atoms with Crippen molar-refractivity contribution in [1.29, 1.82) is 5.26 Å². The first-order valence-electron chi connectivity index (χ1n) is 9.05. The molecule has 2 unspecified atom stereocenters. The maximum absolute atomic E-state index is 10.6. The van der Waals surface area contributed by atoms with Crippen molar-refractivity contribution in [3.63, 3.8) is 0 Å². The van der Waals surface area contributed by atoms with Crippen molar-refractivity contribution in [2.45, 2.75) is 32.0 Å². The van der Waals surface area contributed by atoms with E-state index < -0.39 is 6.10 Å². The molecule has 0 saturated carbocycles. The number of aryl methyl sites for hydroxylation is 1. The quantitative estimate of drug-likeness (QED) is 0.745. The van der Waals surface area contributed by atoms with Crippen LogP contribution in [-0.4, -0.2) is 10.1 Å². The summed E-state index contributed by atoms with van der Waals surface area (Å²) in [5.41, 5.74) is 3.61. The van der Waals surface area contributed by atoms with Crippen LogP contribution in [0.25, 0.3) is 0 Å². The van der Waals surface area contributed by atoms with Crippen molar-refractivity contribution in [2.75, 3.05) is 0 Å². The molecule has 0 fully saturated rings. The average Bonchev–Trinajstić information content (AvgIpc) is 3.21. The molecule has 136 valence electrons. The van der Waals surface area contributed by atoms with E-state index in [1.54, 1.807) is 0 Å². The van der Waals surface area contributed by atoms with Crippen LogP contribution in [0, 0.1) is 17.2 Å². The van der Waals surface area contributed by atoms with Gasteiger partial charge >= 0.3 is 0 Å². The van der Waals surface area contributed by atoms with E-state index in [9.17, 15) is 5.11 Å². The maximum atomic E-state index is 10.6. The van der Waals surface area contributed by atoms with Gasteiger partial charge in [-0.2, -0.15) is 5.26 Å². The maximum Gasteiger partial charge on any atom is 0.225 e. The molecule has 4 rings (SSSR count). The van der Waals surface area contributed by atoms with Crippen LogP contribution in [0.4, 0.5) is 0 Å². The van der Waals surface area contributed by atoms with Crippen molar-refractivity contribution < 1.29 is 14.3 Å². The van der Waals surface area contributed by atoms with Gasteiger partial charge in [-0.05, 0) is 54.0 Å². The lowest BCUT2D eigenvalue weighted by Gasteiger charge is -2.27. The van der Waals surface area contributed by atoms with Crippen molar-refractivity contribution in [3.8, 4) is 11.8 Å². The second-order valence-electron chi connectivity index (χ2n) is 6.83. The number of oxazole rings is 1. The van der Waals surface area contributed by atoms with Gasteiger partial charge in [0, 0.05) is 0 Å². The van der Waals surface area contributed by atoms with Crippen LogP contribution in [0.15, 0.2) is 59.1 Å². The van der Waals surface area contributed by atoms with E-state index in [-0.39, 0.29) is 17.6 Å². The molecule has 2 aromatic carbocycles. The third-order valence-electron chi connectivity index (χ3n) is 5.03. The predicted molar refractivity (Wildman–Crippen MR) is 98.9 cm³/mol. The van der Waals surface area contributed by atoms with E-state index >= 15 is 0 Å².